The summed E-state index contributed by atoms with van der Waals surface area (Å²) in [5.41, 5.74) is 0.836. The lowest BCUT2D eigenvalue weighted by atomic mass is 10.0. The van der Waals surface area contributed by atoms with Gasteiger partial charge in [-0.2, -0.15) is 17.0 Å². The van der Waals surface area contributed by atoms with Crippen LogP contribution in [0.25, 0.3) is 0 Å². The molecule has 1 aromatic rings. The van der Waals surface area contributed by atoms with E-state index < -0.39 is 10.2 Å². The Bertz CT molecular complexity index is 703. The summed E-state index contributed by atoms with van der Waals surface area (Å²) in [6, 6.07) is 5.61. The Balaban J connectivity index is 1.87. The standard InChI is InChI=1S/C18H28N2O4S/c1-14-5-4-10-19(12-14)25(21,22)20(16-6-7-16)13-15-11-17(23-2)8-9-18(15)24-3/h8-9,11,14,16H,4-7,10,12-13H2,1-3H3/t14-/m0/s1. The van der Waals surface area contributed by atoms with Gasteiger partial charge < -0.3 is 9.47 Å². The maximum atomic E-state index is 13.3. The fourth-order valence-electron chi connectivity index (χ4n) is 3.44. The van der Waals surface area contributed by atoms with Crippen molar-refractivity contribution < 1.29 is 17.9 Å². The van der Waals surface area contributed by atoms with Crippen LogP contribution in [-0.2, 0) is 16.8 Å². The van der Waals surface area contributed by atoms with Crippen molar-refractivity contribution in [2.75, 3.05) is 27.3 Å². The summed E-state index contributed by atoms with van der Waals surface area (Å²) in [5.74, 6) is 1.81. The maximum absolute atomic E-state index is 13.3. The second kappa shape index (κ2) is 7.51. The lowest BCUT2D eigenvalue weighted by Gasteiger charge is -2.34. The van der Waals surface area contributed by atoms with Crippen molar-refractivity contribution in [2.45, 2.75) is 45.2 Å². The third-order valence-electron chi connectivity index (χ3n) is 5.01. The number of benzene rings is 1. The van der Waals surface area contributed by atoms with E-state index >= 15 is 0 Å². The summed E-state index contributed by atoms with van der Waals surface area (Å²) in [6.45, 7) is 3.67. The van der Waals surface area contributed by atoms with Crippen LogP contribution >= 0.6 is 0 Å². The van der Waals surface area contributed by atoms with E-state index in [1.807, 2.05) is 18.2 Å². The van der Waals surface area contributed by atoms with Gasteiger partial charge >= 0.3 is 0 Å². The topological polar surface area (TPSA) is 59.1 Å². The summed E-state index contributed by atoms with van der Waals surface area (Å²) in [6.07, 6.45) is 3.88. The molecule has 1 saturated carbocycles. The fourth-order valence-corrected chi connectivity index (χ4v) is 5.43. The molecule has 3 rings (SSSR count). The molecule has 1 atom stereocenters. The number of hydrogen-bond donors (Lipinski definition) is 0. The molecular formula is C18H28N2O4S. The van der Waals surface area contributed by atoms with E-state index in [0.717, 1.165) is 31.2 Å². The Morgan fingerprint density at radius 1 is 1.20 bits per heavy atom. The summed E-state index contributed by atoms with van der Waals surface area (Å²) in [7, 11) is -0.254. The van der Waals surface area contributed by atoms with E-state index in [2.05, 4.69) is 6.92 Å². The van der Waals surface area contributed by atoms with Gasteiger partial charge in [0.15, 0.2) is 0 Å². The second-order valence-electron chi connectivity index (χ2n) is 7.07. The molecule has 1 heterocycles. The van der Waals surface area contributed by atoms with Crippen molar-refractivity contribution in [3.63, 3.8) is 0 Å². The molecule has 140 valence electrons. The number of hydrogen-bond acceptors (Lipinski definition) is 4. The van der Waals surface area contributed by atoms with Gasteiger partial charge in [-0.25, -0.2) is 0 Å². The molecule has 6 nitrogen and oxygen atoms in total. The van der Waals surface area contributed by atoms with Crippen LogP contribution in [0, 0.1) is 5.92 Å². The molecule has 1 saturated heterocycles. The van der Waals surface area contributed by atoms with Gasteiger partial charge in [0.25, 0.3) is 10.2 Å². The minimum atomic E-state index is -3.47. The highest BCUT2D eigenvalue weighted by atomic mass is 32.2. The fraction of sp³-hybridized carbons (Fsp3) is 0.667. The third kappa shape index (κ3) is 4.10. The Morgan fingerprint density at radius 2 is 1.96 bits per heavy atom. The van der Waals surface area contributed by atoms with Gasteiger partial charge in [-0.05, 0) is 49.8 Å². The van der Waals surface area contributed by atoms with Crippen LogP contribution in [0.1, 0.15) is 38.2 Å². The number of rotatable bonds is 7. The van der Waals surface area contributed by atoms with Gasteiger partial charge in [0, 0.05) is 31.2 Å². The first-order chi connectivity index (χ1) is 12.0. The predicted molar refractivity (Wildman–Crippen MR) is 97.0 cm³/mol. The quantitative estimate of drug-likeness (QED) is 0.742. The van der Waals surface area contributed by atoms with E-state index in [0.29, 0.717) is 37.1 Å². The highest BCUT2D eigenvalue weighted by molar-refractivity contribution is 7.86. The van der Waals surface area contributed by atoms with E-state index in [-0.39, 0.29) is 6.04 Å². The lowest BCUT2D eigenvalue weighted by Crippen LogP contribution is -2.48. The Kier molecular flexibility index (Phi) is 5.55. The summed E-state index contributed by atoms with van der Waals surface area (Å²) in [5, 5.41) is 0. The molecule has 7 heteroatoms. The molecule has 0 unspecified atom stereocenters. The molecule has 2 aliphatic rings. The van der Waals surface area contributed by atoms with Crippen LogP contribution in [0.4, 0.5) is 0 Å². The predicted octanol–water partition coefficient (Wildman–Crippen LogP) is 2.64. The molecule has 0 amide bonds. The number of piperidine rings is 1. The maximum Gasteiger partial charge on any atom is 0.282 e. The average molecular weight is 368 g/mol. The van der Waals surface area contributed by atoms with Crippen molar-refractivity contribution >= 4 is 10.2 Å². The van der Waals surface area contributed by atoms with E-state index in [1.54, 1.807) is 22.8 Å². The molecule has 0 radical (unpaired) electrons. The zero-order valence-corrected chi connectivity index (χ0v) is 16.1. The zero-order chi connectivity index (χ0) is 18.0. The molecule has 0 bridgehead atoms. The molecule has 1 aromatic carbocycles. The number of methoxy groups -OCH3 is 2. The van der Waals surface area contributed by atoms with Gasteiger partial charge in [0.1, 0.15) is 11.5 Å². The van der Waals surface area contributed by atoms with Gasteiger partial charge in [-0.3, -0.25) is 0 Å². The van der Waals surface area contributed by atoms with Crippen LogP contribution in [0.5, 0.6) is 11.5 Å². The molecule has 0 N–H and O–H groups in total. The van der Waals surface area contributed by atoms with Crippen molar-refractivity contribution in [1.82, 2.24) is 8.61 Å². The highest BCUT2D eigenvalue weighted by Gasteiger charge is 2.41. The molecule has 0 aromatic heterocycles. The summed E-state index contributed by atoms with van der Waals surface area (Å²) >= 11 is 0. The molecule has 1 aliphatic heterocycles. The smallest absolute Gasteiger partial charge is 0.282 e. The van der Waals surface area contributed by atoms with Crippen molar-refractivity contribution in [2.24, 2.45) is 5.92 Å². The SMILES string of the molecule is COc1ccc(OC)c(CN(C2CC2)S(=O)(=O)N2CCC[C@H](C)C2)c1. The van der Waals surface area contributed by atoms with Gasteiger partial charge in [-0.1, -0.05) is 6.92 Å². The third-order valence-corrected chi connectivity index (χ3v) is 7.01. The summed E-state index contributed by atoms with van der Waals surface area (Å²) < 4.78 is 40.5. The molecule has 1 aliphatic carbocycles. The summed E-state index contributed by atoms with van der Waals surface area (Å²) in [4.78, 5) is 0. The minimum absolute atomic E-state index is 0.0955. The van der Waals surface area contributed by atoms with Gasteiger partial charge in [-0.15, -0.1) is 0 Å². The van der Waals surface area contributed by atoms with Crippen LogP contribution in [0.3, 0.4) is 0 Å². The van der Waals surface area contributed by atoms with E-state index in [9.17, 15) is 8.42 Å². The first kappa shape index (κ1) is 18.5. The van der Waals surface area contributed by atoms with Crippen LogP contribution in [0.15, 0.2) is 18.2 Å². The Hall–Kier alpha value is -1.31. The van der Waals surface area contributed by atoms with E-state index in [1.165, 1.54) is 0 Å². The number of nitrogens with zero attached hydrogens (tertiary/aromatic N) is 2. The van der Waals surface area contributed by atoms with Crippen LogP contribution in [0.2, 0.25) is 0 Å². The second-order valence-corrected chi connectivity index (χ2v) is 8.95. The van der Waals surface area contributed by atoms with Gasteiger partial charge in [0.05, 0.1) is 14.2 Å². The van der Waals surface area contributed by atoms with Gasteiger partial charge in [0.2, 0.25) is 0 Å². The minimum Gasteiger partial charge on any atom is -0.497 e. The first-order valence-corrected chi connectivity index (χ1v) is 10.3. The van der Waals surface area contributed by atoms with Crippen molar-refractivity contribution in [3.8, 4) is 11.5 Å². The van der Waals surface area contributed by atoms with Crippen molar-refractivity contribution in [1.29, 1.82) is 0 Å². The molecule has 0 spiro atoms. The van der Waals surface area contributed by atoms with Crippen LogP contribution in [-0.4, -0.2) is 50.4 Å². The van der Waals surface area contributed by atoms with E-state index in [4.69, 9.17) is 9.47 Å². The Morgan fingerprint density at radius 3 is 2.56 bits per heavy atom. The first-order valence-electron chi connectivity index (χ1n) is 8.93. The molecular weight excluding hydrogens is 340 g/mol. The monoisotopic (exact) mass is 368 g/mol. The normalized spacial score (nSPS) is 22.2. The lowest BCUT2D eigenvalue weighted by molar-refractivity contribution is 0.253. The Labute approximate surface area is 150 Å². The number of ether oxygens (including phenoxy) is 2. The average Bonchev–Trinajstić information content (AvgIpc) is 3.44. The van der Waals surface area contributed by atoms with Crippen molar-refractivity contribution in [3.05, 3.63) is 23.8 Å². The largest absolute Gasteiger partial charge is 0.497 e. The van der Waals surface area contributed by atoms with Crippen LogP contribution < -0.4 is 9.47 Å². The zero-order valence-electron chi connectivity index (χ0n) is 15.3. The molecule has 2 fully saturated rings. The highest BCUT2D eigenvalue weighted by Crippen LogP contribution is 2.35. The molecule has 25 heavy (non-hydrogen) atoms.